The summed E-state index contributed by atoms with van der Waals surface area (Å²) in [6.07, 6.45) is 13.3. The third-order valence-electron chi connectivity index (χ3n) is 5.32. The molecule has 3 aromatic rings. The second-order valence-corrected chi connectivity index (χ2v) is 8.02. The van der Waals surface area contributed by atoms with Crippen LogP contribution in [0.25, 0.3) is 10.9 Å². The lowest BCUT2D eigenvalue weighted by Crippen LogP contribution is -2.42. The Morgan fingerprint density at radius 1 is 1.21 bits per heavy atom. The van der Waals surface area contributed by atoms with E-state index in [2.05, 4.69) is 38.4 Å². The smallest absolute Gasteiger partial charge is 0.166 e. The summed E-state index contributed by atoms with van der Waals surface area (Å²) < 4.78 is 15.1. The summed E-state index contributed by atoms with van der Waals surface area (Å²) in [6, 6.07) is 10.6. The number of anilines is 3. The topological polar surface area (TPSA) is 61.9 Å². The Balaban J connectivity index is 1.99. The van der Waals surface area contributed by atoms with Crippen LogP contribution in [-0.4, -0.2) is 22.1 Å². The Labute approximate surface area is 200 Å². The maximum atomic E-state index is 15.1. The van der Waals surface area contributed by atoms with Gasteiger partial charge in [0.15, 0.2) is 11.6 Å². The predicted octanol–water partition coefficient (Wildman–Crippen LogP) is 6.31. The Morgan fingerprint density at radius 2 is 2.00 bits per heavy atom. The second-order valence-electron chi connectivity index (χ2n) is 8.02. The van der Waals surface area contributed by atoms with Gasteiger partial charge in [-0.25, -0.2) is 9.37 Å². The highest BCUT2D eigenvalue weighted by Crippen LogP contribution is 2.27. The van der Waals surface area contributed by atoms with E-state index in [0.29, 0.717) is 11.4 Å². The predicted molar refractivity (Wildman–Crippen MR) is 141 cm³/mol. The number of terminal acetylenes is 1. The van der Waals surface area contributed by atoms with Crippen LogP contribution in [0.3, 0.4) is 0 Å². The Morgan fingerprint density at radius 3 is 2.68 bits per heavy atom. The number of pyridine rings is 2. The molecular formula is C28H30FN5. The molecule has 174 valence electrons. The van der Waals surface area contributed by atoms with Gasteiger partial charge in [-0.2, -0.15) is 0 Å². The van der Waals surface area contributed by atoms with E-state index in [4.69, 9.17) is 6.42 Å². The summed E-state index contributed by atoms with van der Waals surface area (Å²) in [5.41, 5.74) is 3.80. The minimum Gasteiger partial charge on any atom is -0.384 e. The summed E-state index contributed by atoms with van der Waals surface area (Å²) in [5.74, 6) is 2.50. The van der Waals surface area contributed by atoms with Gasteiger partial charge in [0.1, 0.15) is 5.82 Å². The molecule has 3 N–H and O–H groups in total. The van der Waals surface area contributed by atoms with Crippen LogP contribution in [0, 0.1) is 18.2 Å². The maximum absolute atomic E-state index is 15.1. The number of benzene rings is 1. The molecule has 0 saturated carbocycles. The zero-order valence-corrected chi connectivity index (χ0v) is 20.0. The molecule has 0 amide bonds. The van der Waals surface area contributed by atoms with Crippen LogP contribution in [0.4, 0.5) is 21.7 Å². The van der Waals surface area contributed by atoms with Crippen LogP contribution in [0.2, 0.25) is 0 Å². The van der Waals surface area contributed by atoms with E-state index in [-0.39, 0.29) is 17.9 Å². The first-order chi connectivity index (χ1) is 16.4. The van der Waals surface area contributed by atoms with Crippen LogP contribution in [0.5, 0.6) is 0 Å². The molecule has 0 aliphatic carbocycles. The lowest BCUT2D eigenvalue weighted by atomic mass is 9.99. The molecule has 0 bridgehead atoms. The van der Waals surface area contributed by atoms with E-state index >= 15 is 4.39 Å². The average molecular weight is 456 g/mol. The fraction of sp³-hybridized carbons (Fsp3) is 0.214. The van der Waals surface area contributed by atoms with Gasteiger partial charge in [0.05, 0.1) is 17.1 Å². The number of hydrogen-bond donors (Lipinski definition) is 3. The SMILES string of the molecule is C#Cc1cc(F)c(NC(C(/C=C\C)=C/C)[C@H](C)NC(=C)C)nc1Nc1ccc2ncccc2c1. The van der Waals surface area contributed by atoms with Crippen molar-refractivity contribution < 1.29 is 4.39 Å². The molecule has 0 saturated heterocycles. The standard InChI is InChI=1S/C28H30FN5/c1-7-11-20(8-2)26(19(6)31-18(4)5)33-28-24(29)17-21(9-3)27(34-28)32-23-13-14-25-22(16-23)12-10-15-30-25/h3,7-8,10-17,19,26,31H,4H2,1-2,5-6H3,(H2,32,33,34)/b11-7-,20-8+/t19-,26?/m0/s1. The third-order valence-corrected chi connectivity index (χ3v) is 5.32. The number of rotatable bonds is 9. The monoisotopic (exact) mass is 455 g/mol. The molecule has 6 heteroatoms. The summed E-state index contributed by atoms with van der Waals surface area (Å²) in [7, 11) is 0. The van der Waals surface area contributed by atoms with Gasteiger partial charge in [0, 0.05) is 29.0 Å². The number of aromatic nitrogens is 2. The molecule has 34 heavy (non-hydrogen) atoms. The quantitative estimate of drug-likeness (QED) is 0.261. The minimum absolute atomic E-state index is 0.0854. The molecule has 0 aliphatic rings. The number of halogens is 1. The second kappa shape index (κ2) is 11.2. The molecule has 2 atom stereocenters. The van der Waals surface area contributed by atoms with Gasteiger partial charge in [-0.3, -0.25) is 4.98 Å². The van der Waals surface area contributed by atoms with Crippen molar-refractivity contribution in [1.82, 2.24) is 15.3 Å². The Kier molecular flexibility index (Phi) is 8.05. The number of fused-ring (bicyclic) bond motifs is 1. The number of hydrogen-bond acceptors (Lipinski definition) is 5. The van der Waals surface area contributed by atoms with Crippen molar-refractivity contribution in [2.24, 2.45) is 0 Å². The van der Waals surface area contributed by atoms with Crippen molar-refractivity contribution >= 4 is 28.2 Å². The molecule has 0 aliphatic heterocycles. The van der Waals surface area contributed by atoms with Crippen LogP contribution in [0.1, 0.15) is 33.3 Å². The van der Waals surface area contributed by atoms with Crippen molar-refractivity contribution in [3.63, 3.8) is 0 Å². The van der Waals surface area contributed by atoms with Gasteiger partial charge in [0.2, 0.25) is 0 Å². The lowest BCUT2D eigenvalue weighted by Gasteiger charge is -2.29. The van der Waals surface area contributed by atoms with Gasteiger partial charge in [-0.05, 0) is 63.6 Å². The highest BCUT2D eigenvalue weighted by atomic mass is 19.1. The fourth-order valence-electron chi connectivity index (χ4n) is 3.77. The van der Waals surface area contributed by atoms with Crippen molar-refractivity contribution in [1.29, 1.82) is 0 Å². The fourth-order valence-corrected chi connectivity index (χ4v) is 3.77. The average Bonchev–Trinajstić information content (AvgIpc) is 2.82. The molecule has 5 nitrogen and oxygen atoms in total. The first-order valence-electron chi connectivity index (χ1n) is 11.1. The number of allylic oxidation sites excluding steroid dienone is 3. The molecule has 2 heterocycles. The third kappa shape index (κ3) is 5.81. The van der Waals surface area contributed by atoms with Gasteiger partial charge in [-0.1, -0.05) is 36.8 Å². The molecule has 1 aromatic carbocycles. The molecule has 0 radical (unpaired) electrons. The van der Waals surface area contributed by atoms with Crippen molar-refractivity contribution in [2.45, 2.75) is 39.8 Å². The summed E-state index contributed by atoms with van der Waals surface area (Å²) in [6.45, 7) is 11.7. The maximum Gasteiger partial charge on any atom is 0.166 e. The van der Waals surface area contributed by atoms with E-state index in [1.54, 1.807) is 6.20 Å². The minimum atomic E-state index is -0.523. The van der Waals surface area contributed by atoms with Crippen LogP contribution in [-0.2, 0) is 0 Å². The molecule has 0 fully saturated rings. The Bertz CT molecular complexity index is 1290. The van der Waals surface area contributed by atoms with Gasteiger partial charge < -0.3 is 16.0 Å². The van der Waals surface area contributed by atoms with Crippen molar-refractivity contribution in [3.8, 4) is 12.3 Å². The number of nitrogens with one attached hydrogen (secondary N) is 3. The first kappa shape index (κ1) is 24.5. The van der Waals surface area contributed by atoms with Crippen molar-refractivity contribution in [2.75, 3.05) is 10.6 Å². The van der Waals surface area contributed by atoms with Crippen LogP contribution >= 0.6 is 0 Å². The molecule has 2 aromatic heterocycles. The van der Waals surface area contributed by atoms with Gasteiger partial charge in [0.25, 0.3) is 0 Å². The van der Waals surface area contributed by atoms with Crippen molar-refractivity contribution in [3.05, 3.63) is 90.1 Å². The largest absolute Gasteiger partial charge is 0.384 e. The molecule has 0 spiro atoms. The summed E-state index contributed by atoms with van der Waals surface area (Å²) in [5, 5.41) is 10.8. The van der Waals surface area contributed by atoms with Gasteiger partial charge >= 0.3 is 0 Å². The number of nitrogens with zero attached hydrogens (tertiary/aromatic N) is 2. The normalized spacial score (nSPS) is 13.4. The highest BCUT2D eigenvalue weighted by Gasteiger charge is 2.22. The van der Waals surface area contributed by atoms with Crippen LogP contribution < -0.4 is 16.0 Å². The zero-order chi connectivity index (χ0) is 24.7. The molecule has 3 rings (SSSR count). The summed E-state index contributed by atoms with van der Waals surface area (Å²) >= 11 is 0. The van der Waals surface area contributed by atoms with Crippen LogP contribution in [0.15, 0.2) is 78.7 Å². The van der Waals surface area contributed by atoms with E-state index in [1.807, 2.05) is 76.3 Å². The molecular weight excluding hydrogens is 425 g/mol. The van der Waals surface area contributed by atoms with E-state index < -0.39 is 5.82 Å². The Hall–Kier alpha value is -4.11. The van der Waals surface area contributed by atoms with E-state index in [0.717, 1.165) is 27.9 Å². The van der Waals surface area contributed by atoms with Gasteiger partial charge in [-0.15, -0.1) is 6.42 Å². The first-order valence-corrected chi connectivity index (χ1v) is 11.1. The summed E-state index contributed by atoms with van der Waals surface area (Å²) in [4.78, 5) is 8.88. The molecule has 1 unspecified atom stereocenters. The van der Waals surface area contributed by atoms with E-state index in [9.17, 15) is 0 Å². The lowest BCUT2D eigenvalue weighted by molar-refractivity contribution is 0.558. The van der Waals surface area contributed by atoms with E-state index in [1.165, 1.54) is 6.07 Å². The zero-order valence-electron chi connectivity index (χ0n) is 20.0. The highest BCUT2D eigenvalue weighted by molar-refractivity contribution is 5.83.